The van der Waals surface area contributed by atoms with Crippen LogP contribution < -0.4 is 10.2 Å². The van der Waals surface area contributed by atoms with E-state index in [-0.39, 0.29) is 48.7 Å². The summed E-state index contributed by atoms with van der Waals surface area (Å²) < 4.78 is 12.9. The minimum atomic E-state index is -1.36. The van der Waals surface area contributed by atoms with Gasteiger partial charge in [0.1, 0.15) is 17.7 Å². The normalized spacial score (nSPS) is 26.3. The summed E-state index contributed by atoms with van der Waals surface area (Å²) in [5, 5.41) is 13.5. The molecule has 8 atom stereocenters. The lowest BCUT2D eigenvalue weighted by Crippen LogP contribution is -2.60. The molecule has 2 N–H and O–H groups in total. The summed E-state index contributed by atoms with van der Waals surface area (Å²) in [7, 11) is 0. The molecule has 5 rings (SSSR count). The molecule has 3 aliphatic rings. The summed E-state index contributed by atoms with van der Waals surface area (Å²) in [5.74, 6) is -3.92. The molecule has 268 valence electrons. The van der Waals surface area contributed by atoms with Crippen molar-refractivity contribution in [3.8, 4) is 0 Å². The number of aryl methyl sites for hydroxylation is 2. The third-order valence-corrected chi connectivity index (χ3v) is 11.1. The Bertz CT molecular complexity index is 1620. The number of halogens is 1. The number of allylic oxidation sites excluding steroid dienone is 1. The maximum atomic E-state index is 15.0. The van der Waals surface area contributed by atoms with E-state index in [9.17, 15) is 19.5 Å². The molecular weight excluding hydrogens is 702 g/mol. The number of nitrogens with zero attached hydrogens (tertiary/aromatic N) is 2. The average Bonchev–Trinajstić information content (AvgIpc) is 3.69. The summed E-state index contributed by atoms with van der Waals surface area (Å²) in [6.07, 6.45) is 2.79. The molecule has 10 nitrogen and oxygen atoms in total. The second-order valence-electron chi connectivity index (χ2n) is 13.9. The number of carbonyl (C=O) groups is 4. The summed E-state index contributed by atoms with van der Waals surface area (Å²) >= 11 is 3.74. The number of aliphatic hydroxyl groups is 1. The SMILES string of the molecule is C=CCCC(=O)NC[C@@H](OC(=O)[C@H]1[C@@H]2O[C@@]3(CC2Br)[C@@H]1C(=O)N([C@@H](CO)C(C)C)[C@@H]3C(=O)N(CC=C)c1cc(C)ccc1C)c1ccccc1. The topological polar surface area (TPSA) is 125 Å². The number of hydrogen-bond acceptors (Lipinski definition) is 7. The molecule has 3 amide bonds. The van der Waals surface area contributed by atoms with Gasteiger partial charge >= 0.3 is 5.97 Å². The van der Waals surface area contributed by atoms with Crippen molar-refractivity contribution >= 4 is 45.3 Å². The van der Waals surface area contributed by atoms with Crippen LogP contribution in [0.2, 0.25) is 0 Å². The Morgan fingerprint density at radius 3 is 2.52 bits per heavy atom. The number of carbonyl (C=O) groups excluding carboxylic acids is 4. The van der Waals surface area contributed by atoms with Crippen LogP contribution in [-0.4, -0.2) is 82.0 Å². The van der Waals surface area contributed by atoms with E-state index in [1.807, 2.05) is 76.2 Å². The Kier molecular flexibility index (Phi) is 11.7. The van der Waals surface area contributed by atoms with Gasteiger partial charge in [-0.1, -0.05) is 84.4 Å². The first kappa shape index (κ1) is 37.5. The standard InChI is InChI=1S/C39H48BrN3O7/c1-7-9-15-31(45)41-21-30(26-13-11-10-12-14-26)49-38(48)32-33-36(46)43(29(22-44)23(3)4)35(39(33)20-27(40)34(32)50-39)37(47)42(18-8-2)28-19-24(5)16-17-25(28)6/h7-8,10-14,16-17,19,23,27,29-30,32-35,44H,1-2,9,15,18,20-22H2,3-6H3,(H,41,45)/t27?,29-,30+,32+,33-,34+,35+,39-/m0/s1. The second-order valence-corrected chi connectivity index (χ2v) is 15.1. The number of aliphatic hydroxyl groups excluding tert-OH is 1. The van der Waals surface area contributed by atoms with Gasteiger partial charge in [0.15, 0.2) is 0 Å². The molecule has 0 saturated carbocycles. The Balaban J connectivity index is 1.54. The van der Waals surface area contributed by atoms with Crippen LogP contribution in [0.25, 0.3) is 0 Å². The number of rotatable bonds is 15. The molecule has 0 aliphatic carbocycles. The van der Waals surface area contributed by atoms with E-state index in [0.717, 1.165) is 11.1 Å². The maximum Gasteiger partial charge on any atom is 0.313 e. The van der Waals surface area contributed by atoms with Gasteiger partial charge in [0, 0.05) is 23.5 Å². The molecule has 50 heavy (non-hydrogen) atoms. The lowest BCUT2D eigenvalue weighted by atomic mass is 9.70. The summed E-state index contributed by atoms with van der Waals surface area (Å²) in [6.45, 7) is 15.1. The lowest BCUT2D eigenvalue weighted by molar-refractivity contribution is -0.161. The molecule has 11 heteroatoms. The molecule has 2 aromatic carbocycles. The van der Waals surface area contributed by atoms with Gasteiger partial charge in [-0.25, -0.2) is 0 Å². The minimum Gasteiger partial charge on any atom is -0.455 e. The van der Waals surface area contributed by atoms with Gasteiger partial charge in [-0.3, -0.25) is 19.2 Å². The first-order valence-corrected chi connectivity index (χ1v) is 18.2. The van der Waals surface area contributed by atoms with E-state index in [2.05, 4.69) is 34.4 Å². The third-order valence-electron chi connectivity index (χ3n) is 10.3. The molecular formula is C39H48BrN3O7. The van der Waals surface area contributed by atoms with Crippen LogP contribution in [0, 0.1) is 31.6 Å². The van der Waals surface area contributed by atoms with E-state index in [1.54, 1.807) is 17.1 Å². The second kappa shape index (κ2) is 15.6. The molecule has 0 radical (unpaired) electrons. The van der Waals surface area contributed by atoms with Gasteiger partial charge < -0.3 is 29.7 Å². The molecule has 2 aromatic rings. The summed E-state index contributed by atoms with van der Waals surface area (Å²) in [6, 6.07) is 13.1. The number of alkyl halides is 1. The Morgan fingerprint density at radius 1 is 1.16 bits per heavy atom. The molecule has 2 bridgehead atoms. The zero-order valence-electron chi connectivity index (χ0n) is 29.2. The van der Waals surface area contributed by atoms with Crippen molar-refractivity contribution in [2.24, 2.45) is 17.8 Å². The lowest BCUT2D eigenvalue weighted by Gasteiger charge is -2.40. The van der Waals surface area contributed by atoms with E-state index in [0.29, 0.717) is 24.1 Å². The number of fused-ring (bicyclic) bond motifs is 1. The predicted molar refractivity (Wildman–Crippen MR) is 194 cm³/mol. The predicted octanol–water partition coefficient (Wildman–Crippen LogP) is 4.95. The minimum absolute atomic E-state index is 0.0327. The average molecular weight is 751 g/mol. The van der Waals surface area contributed by atoms with E-state index < -0.39 is 53.6 Å². The number of nitrogens with one attached hydrogen (secondary N) is 1. The number of esters is 1. The monoisotopic (exact) mass is 749 g/mol. The number of benzene rings is 2. The smallest absolute Gasteiger partial charge is 0.313 e. The summed E-state index contributed by atoms with van der Waals surface area (Å²) in [5.41, 5.74) is 1.84. The fourth-order valence-corrected chi connectivity index (χ4v) is 8.77. The van der Waals surface area contributed by atoms with Crippen LogP contribution in [0.3, 0.4) is 0 Å². The van der Waals surface area contributed by atoms with Crippen LogP contribution in [0.4, 0.5) is 5.69 Å². The van der Waals surface area contributed by atoms with Crippen molar-refractivity contribution in [2.45, 2.75) is 81.7 Å². The van der Waals surface area contributed by atoms with E-state index in [4.69, 9.17) is 9.47 Å². The van der Waals surface area contributed by atoms with Gasteiger partial charge in [0.2, 0.25) is 11.8 Å². The number of hydrogen-bond donors (Lipinski definition) is 2. The van der Waals surface area contributed by atoms with Crippen LogP contribution in [-0.2, 0) is 28.7 Å². The molecule has 3 heterocycles. The Hall–Kier alpha value is -3.80. The van der Waals surface area contributed by atoms with Crippen molar-refractivity contribution in [1.82, 2.24) is 10.2 Å². The Morgan fingerprint density at radius 2 is 1.88 bits per heavy atom. The number of likely N-dealkylation sites (tertiary alicyclic amines) is 1. The van der Waals surface area contributed by atoms with Crippen molar-refractivity contribution < 1.29 is 33.8 Å². The van der Waals surface area contributed by atoms with E-state index in [1.165, 1.54) is 4.90 Å². The van der Waals surface area contributed by atoms with Gasteiger partial charge in [-0.05, 0) is 55.4 Å². The molecule has 0 aromatic heterocycles. The maximum absolute atomic E-state index is 15.0. The van der Waals surface area contributed by atoms with Crippen molar-refractivity contribution in [1.29, 1.82) is 0 Å². The fraction of sp³-hybridized carbons (Fsp3) is 0.487. The quantitative estimate of drug-likeness (QED) is 0.150. The highest BCUT2D eigenvalue weighted by Gasteiger charge is 2.77. The first-order chi connectivity index (χ1) is 23.9. The number of amides is 3. The highest BCUT2D eigenvalue weighted by Crippen LogP contribution is 2.61. The van der Waals surface area contributed by atoms with Crippen molar-refractivity contribution in [2.75, 3.05) is 24.6 Å². The van der Waals surface area contributed by atoms with Crippen LogP contribution >= 0.6 is 15.9 Å². The van der Waals surface area contributed by atoms with Gasteiger partial charge in [-0.15, -0.1) is 13.2 Å². The molecule has 1 unspecified atom stereocenters. The van der Waals surface area contributed by atoms with Gasteiger partial charge in [0.25, 0.3) is 5.91 Å². The van der Waals surface area contributed by atoms with Gasteiger partial charge in [-0.2, -0.15) is 0 Å². The first-order valence-electron chi connectivity index (χ1n) is 17.3. The van der Waals surface area contributed by atoms with Crippen LogP contribution in [0.5, 0.6) is 0 Å². The van der Waals surface area contributed by atoms with Crippen molar-refractivity contribution in [3.63, 3.8) is 0 Å². The molecule has 3 aliphatic heterocycles. The van der Waals surface area contributed by atoms with E-state index >= 15 is 4.79 Å². The third kappa shape index (κ3) is 6.92. The zero-order chi connectivity index (χ0) is 36.3. The molecule has 1 spiro atoms. The number of ether oxygens (including phenoxy) is 2. The largest absolute Gasteiger partial charge is 0.455 e. The van der Waals surface area contributed by atoms with Crippen molar-refractivity contribution in [3.05, 3.63) is 90.5 Å². The zero-order valence-corrected chi connectivity index (χ0v) is 30.8. The molecule has 3 fully saturated rings. The molecule has 3 saturated heterocycles. The highest BCUT2D eigenvalue weighted by molar-refractivity contribution is 9.09. The number of anilines is 1. The Labute approximate surface area is 303 Å². The fourth-order valence-electron chi connectivity index (χ4n) is 7.83. The van der Waals surface area contributed by atoms with Crippen LogP contribution in [0.15, 0.2) is 73.8 Å². The van der Waals surface area contributed by atoms with Crippen LogP contribution in [0.1, 0.15) is 55.9 Å². The highest BCUT2D eigenvalue weighted by atomic mass is 79.9. The summed E-state index contributed by atoms with van der Waals surface area (Å²) in [4.78, 5) is 59.5. The van der Waals surface area contributed by atoms with Gasteiger partial charge in [0.05, 0.1) is 37.1 Å².